The van der Waals surface area contributed by atoms with Gasteiger partial charge in [-0.25, -0.2) is 4.39 Å². The Morgan fingerprint density at radius 2 is 1.79 bits per heavy atom. The van der Waals surface area contributed by atoms with E-state index in [9.17, 15) is 4.39 Å². The van der Waals surface area contributed by atoms with E-state index in [0.717, 1.165) is 43.4 Å². The van der Waals surface area contributed by atoms with Crippen LogP contribution in [0.15, 0.2) is 55.1 Å². The van der Waals surface area contributed by atoms with Gasteiger partial charge in [0.1, 0.15) is 5.82 Å². The van der Waals surface area contributed by atoms with Crippen LogP contribution in [0.25, 0.3) is 11.1 Å². The summed E-state index contributed by atoms with van der Waals surface area (Å²) in [4.78, 5) is 0. The summed E-state index contributed by atoms with van der Waals surface area (Å²) in [5, 5.41) is 0. The monoisotopic (exact) mass is 394 g/mol. The average molecular weight is 395 g/mol. The van der Waals surface area contributed by atoms with Gasteiger partial charge in [-0.2, -0.15) is 0 Å². The Kier molecular flexibility index (Phi) is 8.49. The molecule has 0 N–H and O–H groups in total. The van der Waals surface area contributed by atoms with Crippen molar-refractivity contribution in [2.75, 3.05) is 6.61 Å². The van der Waals surface area contributed by atoms with Crippen LogP contribution in [0.2, 0.25) is 0 Å². The SMILES string of the molecule is C=CCCc1ccc(-c2ccc(C3CCC(OCCCCC)CC3)cc2)c(F)c1. The van der Waals surface area contributed by atoms with E-state index in [2.05, 4.69) is 37.8 Å². The molecule has 1 fully saturated rings. The second-order valence-electron chi connectivity index (χ2n) is 8.32. The van der Waals surface area contributed by atoms with Crippen LogP contribution < -0.4 is 0 Å². The minimum absolute atomic E-state index is 0.139. The van der Waals surface area contributed by atoms with E-state index in [1.165, 1.54) is 37.7 Å². The first-order valence-corrected chi connectivity index (χ1v) is 11.3. The zero-order chi connectivity index (χ0) is 20.5. The molecule has 0 heterocycles. The van der Waals surface area contributed by atoms with Gasteiger partial charge in [-0.15, -0.1) is 6.58 Å². The summed E-state index contributed by atoms with van der Waals surface area (Å²) in [5.74, 6) is 0.464. The third-order valence-electron chi connectivity index (χ3n) is 6.14. The molecule has 3 rings (SSSR count). The molecule has 0 unspecified atom stereocenters. The number of benzene rings is 2. The number of ether oxygens (including phenoxy) is 1. The first-order valence-electron chi connectivity index (χ1n) is 11.3. The lowest BCUT2D eigenvalue weighted by molar-refractivity contribution is 0.0227. The summed E-state index contributed by atoms with van der Waals surface area (Å²) in [5.41, 5.74) is 4.04. The molecule has 0 bridgehead atoms. The smallest absolute Gasteiger partial charge is 0.131 e. The van der Waals surface area contributed by atoms with Gasteiger partial charge in [-0.05, 0) is 73.6 Å². The van der Waals surface area contributed by atoms with Crippen molar-refractivity contribution in [1.82, 2.24) is 0 Å². The lowest BCUT2D eigenvalue weighted by Crippen LogP contribution is -2.21. The minimum Gasteiger partial charge on any atom is -0.378 e. The highest BCUT2D eigenvalue weighted by Crippen LogP contribution is 2.35. The third-order valence-corrected chi connectivity index (χ3v) is 6.14. The molecule has 156 valence electrons. The molecule has 0 aliphatic heterocycles. The molecular formula is C27H35FO. The van der Waals surface area contributed by atoms with E-state index in [-0.39, 0.29) is 5.82 Å². The maximum atomic E-state index is 14.6. The summed E-state index contributed by atoms with van der Waals surface area (Å²) in [6.45, 7) is 6.87. The molecule has 0 radical (unpaired) electrons. The summed E-state index contributed by atoms with van der Waals surface area (Å²) < 4.78 is 20.6. The molecule has 1 saturated carbocycles. The molecule has 0 aromatic heterocycles. The highest BCUT2D eigenvalue weighted by molar-refractivity contribution is 5.65. The Morgan fingerprint density at radius 1 is 1.03 bits per heavy atom. The molecule has 1 aliphatic rings. The topological polar surface area (TPSA) is 9.23 Å². The number of rotatable bonds is 10. The van der Waals surface area contributed by atoms with Crippen LogP contribution in [-0.4, -0.2) is 12.7 Å². The summed E-state index contributed by atoms with van der Waals surface area (Å²) >= 11 is 0. The minimum atomic E-state index is -0.139. The maximum absolute atomic E-state index is 14.6. The molecule has 0 amide bonds. The number of hydrogen-bond donors (Lipinski definition) is 0. The summed E-state index contributed by atoms with van der Waals surface area (Å²) in [6, 6.07) is 14.1. The third kappa shape index (κ3) is 6.27. The highest BCUT2D eigenvalue weighted by Gasteiger charge is 2.22. The van der Waals surface area contributed by atoms with Gasteiger partial charge >= 0.3 is 0 Å². The average Bonchev–Trinajstić information content (AvgIpc) is 2.76. The Labute approximate surface area is 176 Å². The molecule has 1 nitrogen and oxygen atoms in total. The van der Waals surface area contributed by atoms with E-state index in [1.54, 1.807) is 6.07 Å². The van der Waals surface area contributed by atoms with E-state index in [0.29, 0.717) is 17.6 Å². The van der Waals surface area contributed by atoms with Crippen LogP contribution in [0.3, 0.4) is 0 Å². The molecular weight excluding hydrogens is 359 g/mol. The van der Waals surface area contributed by atoms with Crippen LogP contribution in [-0.2, 0) is 11.2 Å². The zero-order valence-corrected chi connectivity index (χ0v) is 17.8. The normalized spacial score (nSPS) is 19.2. The number of hydrogen-bond acceptors (Lipinski definition) is 1. The molecule has 0 saturated heterocycles. The fraction of sp³-hybridized carbons (Fsp3) is 0.481. The number of halogens is 1. The van der Waals surface area contributed by atoms with Crippen molar-refractivity contribution in [1.29, 1.82) is 0 Å². The van der Waals surface area contributed by atoms with Crippen LogP contribution in [0.4, 0.5) is 4.39 Å². The molecule has 0 atom stereocenters. The highest BCUT2D eigenvalue weighted by atomic mass is 19.1. The Morgan fingerprint density at radius 3 is 2.45 bits per heavy atom. The van der Waals surface area contributed by atoms with Gasteiger partial charge in [0.05, 0.1) is 6.10 Å². The lowest BCUT2D eigenvalue weighted by Gasteiger charge is -2.29. The van der Waals surface area contributed by atoms with Crippen molar-refractivity contribution in [2.24, 2.45) is 0 Å². The van der Waals surface area contributed by atoms with Crippen molar-refractivity contribution in [3.63, 3.8) is 0 Å². The van der Waals surface area contributed by atoms with Crippen molar-refractivity contribution in [2.45, 2.75) is 76.7 Å². The molecule has 2 aromatic carbocycles. The number of unbranched alkanes of at least 4 members (excludes halogenated alkanes) is 2. The van der Waals surface area contributed by atoms with Gasteiger partial charge in [-0.1, -0.05) is 62.2 Å². The van der Waals surface area contributed by atoms with Crippen LogP contribution in [0.1, 0.15) is 75.3 Å². The van der Waals surface area contributed by atoms with Crippen LogP contribution >= 0.6 is 0 Å². The van der Waals surface area contributed by atoms with Gasteiger partial charge in [0, 0.05) is 12.2 Å². The zero-order valence-electron chi connectivity index (χ0n) is 17.8. The van der Waals surface area contributed by atoms with Crippen LogP contribution in [0, 0.1) is 5.82 Å². The van der Waals surface area contributed by atoms with Gasteiger partial charge in [-0.3, -0.25) is 0 Å². The number of aryl methyl sites for hydroxylation is 1. The predicted molar refractivity (Wildman–Crippen MR) is 121 cm³/mol. The Bertz CT molecular complexity index is 757. The molecule has 1 aliphatic carbocycles. The van der Waals surface area contributed by atoms with E-state index in [4.69, 9.17) is 4.74 Å². The van der Waals surface area contributed by atoms with Crippen molar-refractivity contribution in [3.8, 4) is 11.1 Å². The van der Waals surface area contributed by atoms with Crippen LogP contribution in [0.5, 0.6) is 0 Å². The van der Waals surface area contributed by atoms with Gasteiger partial charge in [0.2, 0.25) is 0 Å². The van der Waals surface area contributed by atoms with E-state index < -0.39 is 0 Å². The molecule has 29 heavy (non-hydrogen) atoms. The largest absolute Gasteiger partial charge is 0.378 e. The van der Waals surface area contributed by atoms with E-state index >= 15 is 0 Å². The Hall–Kier alpha value is -1.93. The van der Waals surface area contributed by atoms with Crippen molar-refractivity contribution < 1.29 is 9.13 Å². The molecule has 0 spiro atoms. The predicted octanol–water partition coefficient (Wildman–Crippen LogP) is 7.84. The first-order chi connectivity index (χ1) is 14.2. The lowest BCUT2D eigenvalue weighted by atomic mass is 9.82. The van der Waals surface area contributed by atoms with Crippen molar-refractivity contribution >= 4 is 0 Å². The summed E-state index contributed by atoms with van der Waals surface area (Å²) in [7, 11) is 0. The fourth-order valence-corrected chi connectivity index (χ4v) is 4.32. The number of allylic oxidation sites excluding steroid dienone is 1. The van der Waals surface area contributed by atoms with E-state index in [1.807, 2.05) is 18.2 Å². The quantitative estimate of drug-likeness (QED) is 0.294. The summed E-state index contributed by atoms with van der Waals surface area (Å²) in [6.07, 6.45) is 12.4. The maximum Gasteiger partial charge on any atom is 0.131 e. The first kappa shape index (κ1) is 21.8. The van der Waals surface area contributed by atoms with Crippen molar-refractivity contribution in [3.05, 3.63) is 72.1 Å². The second-order valence-corrected chi connectivity index (χ2v) is 8.32. The molecule has 2 heteroatoms. The molecule has 2 aromatic rings. The van der Waals surface area contributed by atoms with Gasteiger partial charge < -0.3 is 4.74 Å². The second kappa shape index (κ2) is 11.3. The fourth-order valence-electron chi connectivity index (χ4n) is 4.32. The van der Waals surface area contributed by atoms with Gasteiger partial charge in [0.25, 0.3) is 0 Å². The standard InChI is InChI=1S/C27H35FO/c1-3-5-7-19-29-25-16-14-23(15-17-25)22-10-12-24(13-11-22)26-18-9-21(8-6-4-2)20-27(26)28/h4,9-13,18,20,23,25H,2-3,5-8,14-17,19H2,1H3. The Balaban J connectivity index is 1.55. The van der Waals surface area contributed by atoms with Gasteiger partial charge in [0.15, 0.2) is 0 Å².